The number of benzene rings is 1. The van der Waals surface area contributed by atoms with Crippen molar-refractivity contribution in [1.29, 1.82) is 0 Å². The minimum atomic E-state index is -4.01. The van der Waals surface area contributed by atoms with E-state index in [2.05, 4.69) is 10.00 Å². The quantitative estimate of drug-likeness (QED) is 0.475. The van der Waals surface area contributed by atoms with Crippen molar-refractivity contribution in [2.45, 2.75) is 43.4 Å². The van der Waals surface area contributed by atoms with Crippen LogP contribution in [0.2, 0.25) is 0 Å². The Labute approximate surface area is 214 Å². The number of aromatic nitrogens is 2. The van der Waals surface area contributed by atoms with Crippen LogP contribution in [-0.4, -0.2) is 67.7 Å². The third-order valence-corrected chi connectivity index (χ3v) is 8.84. The molecule has 3 aromatic rings. The molecule has 12 heteroatoms. The van der Waals surface area contributed by atoms with Crippen LogP contribution in [0.1, 0.15) is 48.1 Å². The van der Waals surface area contributed by atoms with Gasteiger partial charge in [-0.3, -0.25) is 4.79 Å². The van der Waals surface area contributed by atoms with Crippen molar-refractivity contribution in [2.24, 2.45) is 5.73 Å². The van der Waals surface area contributed by atoms with Crippen molar-refractivity contribution in [3.63, 3.8) is 0 Å². The lowest BCUT2D eigenvalue weighted by Crippen LogP contribution is -2.29. The van der Waals surface area contributed by atoms with Crippen LogP contribution in [-0.2, 0) is 14.8 Å². The molecular formula is C25H30FN5O5S. The Bertz CT molecular complexity index is 1440. The lowest BCUT2D eigenvalue weighted by atomic mass is 10.0. The Kier molecular flexibility index (Phi) is 6.82. The molecule has 1 aromatic carbocycles. The van der Waals surface area contributed by atoms with Crippen molar-refractivity contribution in [2.75, 3.05) is 38.3 Å². The number of halogens is 1. The molecule has 10 nitrogen and oxygen atoms in total. The fourth-order valence-corrected chi connectivity index (χ4v) is 6.28. The van der Waals surface area contributed by atoms with Gasteiger partial charge in [-0.2, -0.15) is 9.40 Å². The summed E-state index contributed by atoms with van der Waals surface area (Å²) < 4.78 is 54.4. The first kappa shape index (κ1) is 25.4. The average Bonchev–Trinajstić information content (AvgIpc) is 3.62. The van der Waals surface area contributed by atoms with E-state index in [1.54, 1.807) is 25.3 Å². The van der Waals surface area contributed by atoms with Gasteiger partial charge in [0.25, 0.3) is 15.9 Å². The van der Waals surface area contributed by atoms with Gasteiger partial charge in [0.15, 0.2) is 0 Å². The van der Waals surface area contributed by atoms with Crippen molar-refractivity contribution in [1.82, 2.24) is 13.9 Å². The molecule has 0 spiro atoms. The zero-order chi connectivity index (χ0) is 26.3. The van der Waals surface area contributed by atoms with Gasteiger partial charge in [0.2, 0.25) is 5.03 Å². The van der Waals surface area contributed by atoms with Crippen LogP contribution in [0.3, 0.4) is 0 Å². The summed E-state index contributed by atoms with van der Waals surface area (Å²) in [6.07, 6.45) is 3.95. The van der Waals surface area contributed by atoms with E-state index in [1.807, 2.05) is 6.07 Å². The van der Waals surface area contributed by atoms with Crippen molar-refractivity contribution in [3.8, 4) is 5.75 Å². The number of hydrogen-bond acceptors (Lipinski definition) is 7. The maximum absolute atomic E-state index is 14.6. The molecule has 2 fully saturated rings. The number of pyridine rings is 1. The van der Waals surface area contributed by atoms with Gasteiger partial charge in [-0.1, -0.05) is 6.92 Å². The maximum atomic E-state index is 14.6. The molecule has 2 atom stereocenters. The van der Waals surface area contributed by atoms with E-state index in [-0.39, 0.29) is 35.1 Å². The third kappa shape index (κ3) is 4.76. The van der Waals surface area contributed by atoms with Crippen LogP contribution in [0, 0.1) is 5.82 Å². The largest absolute Gasteiger partial charge is 0.488 e. The predicted octanol–water partition coefficient (Wildman–Crippen LogP) is 2.72. The summed E-state index contributed by atoms with van der Waals surface area (Å²) in [5.74, 6) is -0.791. The molecule has 4 heterocycles. The number of amides is 1. The highest BCUT2D eigenvalue weighted by Gasteiger charge is 2.33. The fraction of sp³-hybridized carbons (Fsp3) is 0.440. The number of primary amides is 1. The molecule has 2 aliphatic heterocycles. The standard InChI is InChI=1S/C25H30FN5O5S/c1-3-29(2)37(33,34)25-23(24(27)32)22-14-18(6-9-31(22)28-25)30-8-4-5-21(30)16-11-17(26)13-20(12-16)36-19-7-10-35-15-19/h6,9,11-14,19,21H,3-5,7-8,10,15H2,1-2H3,(H2,27,32)/t19-,21-/m1/s1. The van der Waals surface area contributed by atoms with E-state index in [4.69, 9.17) is 15.2 Å². The summed E-state index contributed by atoms with van der Waals surface area (Å²) in [6, 6.07) is 8.14. The summed E-state index contributed by atoms with van der Waals surface area (Å²) in [6.45, 7) is 3.72. The molecule has 1 amide bonds. The van der Waals surface area contributed by atoms with E-state index in [0.29, 0.717) is 31.0 Å². The molecular weight excluding hydrogens is 501 g/mol. The summed E-state index contributed by atoms with van der Waals surface area (Å²) >= 11 is 0. The molecule has 0 radical (unpaired) electrons. The number of ether oxygens (including phenoxy) is 2. The fourth-order valence-electron chi connectivity index (χ4n) is 4.99. The number of rotatable bonds is 8. The molecule has 198 valence electrons. The summed E-state index contributed by atoms with van der Waals surface area (Å²) in [7, 11) is -2.59. The second-order valence-electron chi connectivity index (χ2n) is 9.35. The van der Waals surface area contributed by atoms with Crippen LogP contribution in [0.15, 0.2) is 41.6 Å². The monoisotopic (exact) mass is 531 g/mol. The third-order valence-electron chi connectivity index (χ3n) is 6.99. The summed E-state index contributed by atoms with van der Waals surface area (Å²) in [4.78, 5) is 14.5. The highest BCUT2D eigenvalue weighted by Crippen LogP contribution is 2.39. The van der Waals surface area contributed by atoms with Gasteiger partial charge >= 0.3 is 0 Å². The first-order chi connectivity index (χ1) is 17.7. The maximum Gasteiger partial charge on any atom is 0.262 e. The number of nitrogens with zero attached hydrogens (tertiary/aromatic N) is 4. The SMILES string of the molecule is CCN(C)S(=O)(=O)c1nn2ccc(N3CCC[C@@H]3c3cc(F)cc(O[C@@H]4CCOC4)c3)cc2c1C(N)=O. The Morgan fingerprint density at radius 1 is 1.30 bits per heavy atom. The number of nitrogens with two attached hydrogens (primary N) is 1. The smallest absolute Gasteiger partial charge is 0.262 e. The van der Waals surface area contributed by atoms with E-state index >= 15 is 0 Å². The number of anilines is 1. The van der Waals surface area contributed by atoms with Gasteiger partial charge in [-0.05, 0) is 42.7 Å². The van der Waals surface area contributed by atoms with Gasteiger partial charge in [-0.25, -0.2) is 17.3 Å². The Morgan fingerprint density at radius 3 is 2.81 bits per heavy atom. The van der Waals surface area contributed by atoms with Crippen LogP contribution in [0.5, 0.6) is 5.75 Å². The molecule has 0 bridgehead atoms. The van der Waals surface area contributed by atoms with E-state index in [9.17, 15) is 17.6 Å². The van der Waals surface area contributed by atoms with E-state index < -0.39 is 15.9 Å². The zero-order valence-electron chi connectivity index (χ0n) is 20.8. The highest BCUT2D eigenvalue weighted by atomic mass is 32.2. The van der Waals surface area contributed by atoms with Gasteiger partial charge in [-0.15, -0.1) is 0 Å². The second-order valence-corrected chi connectivity index (χ2v) is 11.3. The first-order valence-corrected chi connectivity index (χ1v) is 13.7. The molecule has 2 N–H and O–H groups in total. The molecule has 2 saturated heterocycles. The van der Waals surface area contributed by atoms with Gasteiger partial charge < -0.3 is 20.1 Å². The number of sulfonamides is 1. The first-order valence-electron chi connectivity index (χ1n) is 12.3. The zero-order valence-corrected chi connectivity index (χ0v) is 21.6. The van der Waals surface area contributed by atoms with Crippen LogP contribution in [0.25, 0.3) is 5.52 Å². The van der Waals surface area contributed by atoms with Crippen molar-refractivity contribution in [3.05, 3.63) is 53.5 Å². The topological polar surface area (TPSA) is 119 Å². The normalized spacial score (nSPS) is 20.3. The highest BCUT2D eigenvalue weighted by molar-refractivity contribution is 7.89. The van der Waals surface area contributed by atoms with Crippen molar-refractivity contribution < 1.29 is 27.1 Å². The minimum Gasteiger partial charge on any atom is -0.488 e. The Hall–Kier alpha value is -3.22. The van der Waals surface area contributed by atoms with Gasteiger partial charge in [0.05, 0.1) is 24.8 Å². The van der Waals surface area contributed by atoms with Crippen molar-refractivity contribution >= 4 is 27.1 Å². The number of carbonyl (C=O) groups is 1. The average molecular weight is 532 g/mol. The molecule has 37 heavy (non-hydrogen) atoms. The minimum absolute atomic E-state index is 0.0944. The molecule has 2 aliphatic rings. The van der Waals surface area contributed by atoms with Crippen LogP contribution in [0.4, 0.5) is 10.1 Å². The Morgan fingerprint density at radius 2 is 2.11 bits per heavy atom. The summed E-state index contributed by atoms with van der Waals surface area (Å²) in [5.41, 5.74) is 7.30. The Balaban J connectivity index is 1.52. The predicted molar refractivity (Wildman–Crippen MR) is 135 cm³/mol. The lowest BCUT2D eigenvalue weighted by molar-refractivity contribution is 0.0998. The molecule has 2 aromatic heterocycles. The van der Waals surface area contributed by atoms with E-state index in [1.165, 1.54) is 23.7 Å². The molecule has 5 rings (SSSR count). The number of hydrogen-bond donors (Lipinski definition) is 1. The van der Waals surface area contributed by atoms with Gasteiger partial charge in [0, 0.05) is 44.5 Å². The van der Waals surface area contributed by atoms with Crippen LogP contribution >= 0.6 is 0 Å². The van der Waals surface area contributed by atoms with E-state index in [0.717, 1.165) is 34.8 Å². The molecule has 0 saturated carbocycles. The van der Waals surface area contributed by atoms with Crippen LogP contribution < -0.4 is 15.4 Å². The lowest BCUT2D eigenvalue weighted by Gasteiger charge is -2.28. The number of fused-ring (bicyclic) bond motifs is 1. The second kappa shape index (κ2) is 9.92. The molecule has 0 aliphatic carbocycles. The summed E-state index contributed by atoms with van der Waals surface area (Å²) in [5, 5.41) is 3.81. The number of carbonyl (C=O) groups excluding carboxylic acids is 1. The molecule has 0 unspecified atom stereocenters. The van der Waals surface area contributed by atoms with Gasteiger partial charge in [0.1, 0.15) is 23.2 Å².